The lowest BCUT2D eigenvalue weighted by Gasteiger charge is -2.32. The molecule has 4 heteroatoms. The van der Waals surface area contributed by atoms with Gasteiger partial charge in [-0.25, -0.2) is 4.98 Å². The predicted octanol–water partition coefficient (Wildman–Crippen LogP) is 4.09. The summed E-state index contributed by atoms with van der Waals surface area (Å²) in [7, 11) is 4.15. The van der Waals surface area contributed by atoms with Crippen LogP contribution in [0.25, 0.3) is 16.9 Å². The maximum Gasteiger partial charge on any atom is 0.137 e. The fourth-order valence-electron chi connectivity index (χ4n) is 3.19. The van der Waals surface area contributed by atoms with E-state index < -0.39 is 0 Å². The van der Waals surface area contributed by atoms with Crippen molar-refractivity contribution in [1.82, 2.24) is 14.3 Å². The number of pyridine rings is 1. The minimum atomic E-state index is 0.886. The second-order valence-electron chi connectivity index (χ2n) is 6.60. The molecule has 1 aliphatic rings. The summed E-state index contributed by atoms with van der Waals surface area (Å²) < 4.78 is 2.08. The molecule has 1 aliphatic heterocycles. The van der Waals surface area contributed by atoms with Crippen molar-refractivity contribution in [2.75, 3.05) is 25.5 Å². The van der Waals surface area contributed by atoms with E-state index in [1.165, 1.54) is 17.1 Å². The van der Waals surface area contributed by atoms with Crippen LogP contribution in [0.3, 0.4) is 0 Å². The Morgan fingerprint density at radius 2 is 1.80 bits per heavy atom. The molecule has 0 N–H and O–H groups in total. The summed E-state index contributed by atoms with van der Waals surface area (Å²) in [4.78, 5) is 9.17. The van der Waals surface area contributed by atoms with E-state index in [9.17, 15) is 0 Å². The van der Waals surface area contributed by atoms with Crippen molar-refractivity contribution < 1.29 is 0 Å². The van der Waals surface area contributed by atoms with E-state index in [-0.39, 0.29) is 0 Å². The maximum absolute atomic E-state index is 4.73. The van der Waals surface area contributed by atoms with Gasteiger partial charge in [0.2, 0.25) is 0 Å². The zero-order valence-corrected chi connectivity index (χ0v) is 14.8. The summed E-state index contributed by atoms with van der Waals surface area (Å²) in [6, 6.07) is 12.8. The summed E-state index contributed by atoms with van der Waals surface area (Å²) in [5.41, 5.74) is 5.52. The van der Waals surface area contributed by atoms with Crippen LogP contribution in [-0.4, -0.2) is 34.9 Å². The van der Waals surface area contributed by atoms with Crippen LogP contribution >= 0.6 is 0 Å². The van der Waals surface area contributed by atoms with Gasteiger partial charge < -0.3 is 14.2 Å². The topological polar surface area (TPSA) is 23.8 Å². The van der Waals surface area contributed by atoms with Crippen molar-refractivity contribution in [2.24, 2.45) is 0 Å². The average Bonchev–Trinajstić information content (AvgIpc) is 3.05. The molecular formula is C21H22N4. The third-order valence-corrected chi connectivity index (χ3v) is 4.48. The first kappa shape index (κ1) is 15.5. The number of fused-ring (bicyclic) bond motifs is 1. The Morgan fingerprint density at radius 3 is 2.56 bits per heavy atom. The SMILES string of the molecule is Cc1ccc2nc(-c3ccc(N4CC=CC=C4N(C)C)cc3)cn2c1. The van der Waals surface area contributed by atoms with E-state index in [1.807, 2.05) is 0 Å². The molecule has 0 aliphatic carbocycles. The Bertz CT molecular complexity index is 961. The molecule has 0 amide bonds. The first-order valence-corrected chi connectivity index (χ1v) is 8.49. The number of imidazole rings is 1. The number of hydrogen-bond acceptors (Lipinski definition) is 3. The van der Waals surface area contributed by atoms with E-state index in [0.29, 0.717) is 0 Å². The molecule has 1 aromatic carbocycles. The quantitative estimate of drug-likeness (QED) is 0.723. The van der Waals surface area contributed by atoms with E-state index in [2.05, 4.69) is 102 Å². The zero-order valence-electron chi connectivity index (χ0n) is 14.8. The van der Waals surface area contributed by atoms with Crippen molar-refractivity contribution in [3.8, 4) is 11.3 Å². The molecule has 25 heavy (non-hydrogen) atoms. The minimum absolute atomic E-state index is 0.886. The standard InChI is InChI=1S/C21H22N4/c1-16-7-12-20-22-19(15-24(20)14-16)17-8-10-18(11-9-17)25-13-5-4-6-21(25)23(2)3/h4-12,14-15H,13H2,1-3H3. The molecule has 0 bridgehead atoms. The van der Waals surface area contributed by atoms with Crippen LogP contribution in [-0.2, 0) is 0 Å². The average molecular weight is 330 g/mol. The first-order valence-electron chi connectivity index (χ1n) is 8.49. The Kier molecular flexibility index (Phi) is 3.80. The number of aromatic nitrogens is 2. The molecule has 4 rings (SSSR count). The van der Waals surface area contributed by atoms with Crippen LogP contribution in [0.5, 0.6) is 0 Å². The number of aryl methyl sites for hydroxylation is 1. The number of hydrogen-bond donors (Lipinski definition) is 0. The second-order valence-corrected chi connectivity index (χ2v) is 6.60. The van der Waals surface area contributed by atoms with Gasteiger partial charge in [-0.2, -0.15) is 0 Å². The molecule has 0 radical (unpaired) electrons. The first-order chi connectivity index (χ1) is 12.1. The fraction of sp³-hybridized carbons (Fsp3) is 0.190. The maximum atomic E-state index is 4.73. The Balaban J connectivity index is 1.65. The largest absolute Gasteiger partial charge is 0.364 e. The molecule has 0 fully saturated rings. The van der Waals surface area contributed by atoms with Crippen LogP contribution < -0.4 is 4.90 Å². The summed E-state index contributed by atoms with van der Waals surface area (Å²) in [5.74, 6) is 1.19. The van der Waals surface area contributed by atoms with Gasteiger partial charge in [-0.1, -0.05) is 30.4 Å². The lowest BCUT2D eigenvalue weighted by atomic mass is 10.1. The Hall–Kier alpha value is -3.01. The van der Waals surface area contributed by atoms with Gasteiger partial charge in [0.05, 0.1) is 5.69 Å². The highest BCUT2D eigenvalue weighted by molar-refractivity contribution is 5.66. The van der Waals surface area contributed by atoms with Gasteiger partial charge in [-0.15, -0.1) is 0 Å². The molecule has 2 aromatic heterocycles. The molecule has 0 saturated heterocycles. The van der Waals surface area contributed by atoms with Gasteiger partial charge in [-0.3, -0.25) is 0 Å². The normalized spacial score (nSPS) is 14.0. The molecule has 3 heterocycles. The number of nitrogens with zero attached hydrogens (tertiary/aromatic N) is 4. The number of anilines is 1. The Labute approximate surface area is 148 Å². The number of rotatable bonds is 3. The van der Waals surface area contributed by atoms with Gasteiger partial charge in [0.25, 0.3) is 0 Å². The molecule has 0 atom stereocenters. The van der Waals surface area contributed by atoms with Crippen LogP contribution in [0.1, 0.15) is 5.56 Å². The summed E-state index contributed by atoms with van der Waals surface area (Å²) >= 11 is 0. The van der Waals surface area contributed by atoms with Gasteiger partial charge in [-0.05, 0) is 36.8 Å². The van der Waals surface area contributed by atoms with E-state index in [0.717, 1.165) is 23.4 Å². The lowest BCUT2D eigenvalue weighted by molar-refractivity contribution is 0.490. The van der Waals surface area contributed by atoms with Crippen LogP contribution in [0.15, 0.2) is 72.8 Å². The molecule has 0 spiro atoms. The fourth-order valence-corrected chi connectivity index (χ4v) is 3.19. The van der Waals surface area contributed by atoms with E-state index >= 15 is 0 Å². The molecule has 4 nitrogen and oxygen atoms in total. The van der Waals surface area contributed by atoms with Crippen molar-refractivity contribution in [3.63, 3.8) is 0 Å². The van der Waals surface area contributed by atoms with E-state index in [1.54, 1.807) is 0 Å². The van der Waals surface area contributed by atoms with Crippen molar-refractivity contribution in [3.05, 3.63) is 78.4 Å². The Morgan fingerprint density at radius 1 is 1.00 bits per heavy atom. The number of allylic oxidation sites excluding steroid dienone is 2. The molecule has 126 valence electrons. The van der Waals surface area contributed by atoms with Gasteiger partial charge in [0, 0.05) is 44.3 Å². The molecule has 0 unspecified atom stereocenters. The highest BCUT2D eigenvalue weighted by atomic mass is 15.3. The van der Waals surface area contributed by atoms with Crippen molar-refractivity contribution in [1.29, 1.82) is 0 Å². The lowest BCUT2D eigenvalue weighted by Crippen LogP contribution is -2.32. The monoisotopic (exact) mass is 330 g/mol. The van der Waals surface area contributed by atoms with Gasteiger partial charge >= 0.3 is 0 Å². The van der Waals surface area contributed by atoms with Crippen LogP contribution in [0.4, 0.5) is 5.69 Å². The van der Waals surface area contributed by atoms with Crippen molar-refractivity contribution in [2.45, 2.75) is 6.92 Å². The van der Waals surface area contributed by atoms with Crippen LogP contribution in [0.2, 0.25) is 0 Å². The van der Waals surface area contributed by atoms with Crippen LogP contribution in [0, 0.1) is 6.92 Å². The molecular weight excluding hydrogens is 308 g/mol. The third kappa shape index (κ3) is 2.91. The summed E-state index contributed by atoms with van der Waals surface area (Å²) in [6.07, 6.45) is 10.6. The summed E-state index contributed by atoms with van der Waals surface area (Å²) in [5, 5.41) is 0. The van der Waals surface area contributed by atoms with E-state index in [4.69, 9.17) is 4.98 Å². The minimum Gasteiger partial charge on any atom is -0.364 e. The number of benzene rings is 1. The highest BCUT2D eigenvalue weighted by Crippen LogP contribution is 2.26. The van der Waals surface area contributed by atoms with Crippen molar-refractivity contribution >= 4 is 11.3 Å². The zero-order chi connectivity index (χ0) is 17.4. The third-order valence-electron chi connectivity index (χ3n) is 4.48. The smallest absolute Gasteiger partial charge is 0.137 e. The predicted molar refractivity (Wildman–Crippen MR) is 104 cm³/mol. The second kappa shape index (κ2) is 6.13. The molecule has 0 saturated carbocycles. The van der Waals surface area contributed by atoms with Gasteiger partial charge in [0.1, 0.15) is 11.5 Å². The summed E-state index contributed by atoms with van der Waals surface area (Å²) in [6.45, 7) is 2.98. The van der Waals surface area contributed by atoms with Gasteiger partial charge in [0.15, 0.2) is 0 Å². The molecule has 3 aromatic rings. The highest BCUT2D eigenvalue weighted by Gasteiger charge is 2.15.